The number of halogens is 1. The van der Waals surface area contributed by atoms with Crippen LogP contribution in [0.3, 0.4) is 0 Å². The van der Waals surface area contributed by atoms with Gasteiger partial charge in [0, 0.05) is 10.0 Å². The highest BCUT2D eigenvalue weighted by atomic mass is 79.9. The van der Waals surface area contributed by atoms with Crippen molar-refractivity contribution in [2.24, 2.45) is 5.10 Å². The van der Waals surface area contributed by atoms with Crippen LogP contribution in [0.2, 0.25) is 0 Å². The van der Waals surface area contributed by atoms with Gasteiger partial charge >= 0.3 is 0 Å². The fourth-order valence-electron chi connectivity index (χ4n) is 1.47. The van der Waals surface area contributed by atoms with E-state index < -0.39 is 5.91 Å². The number of hydrogen-bond acceptors (Lipinski definition) is 4. The predicted molar refractivity (Wildman–Crippen MR) is 77.8 cm³/mol. The average molecular weight is 332 g/mol. The van der Waals surface area contributed by atoms with E-state index in [1.54, 1.807) is 12.1 Å². The molecule has 0 saturated carbocycles. The van der Waals surface area contributed by atoms with Gasteiger partial charge in [-0.15, -0.1) is 0 Å². The lowest BCUT2D eigenvalue weighted by atomic mass is 10.2. The summed E-state index contributed by atoms with van der Waals surface area (Å²) in [7, 11) is 0. The molecule has 1 aromatic carbocycles. The number of carbonyl (C=O) groups excluding carboxylic acids is 1. The van der Waals surface area contributed by atoms with Crippen LogP contribution in [0.4, 0.5) is 0 Å². The van der Waals surface area contributed by atoms with Crippen LogP contribution in [-0.4, -0.2) is 12.1 Å². The molecule has 1 amide bonds. The standard InChI is InChI=1S/C14H10BrN3O2/c15-11-3-1-10(2-4-11)13-6-5-12(20-13)9-17-18-14(19)7-8-16/h1-6,9H,7H2,(H,18,19)/b17-9-. The summed E-state index contributed by atoms with van der Waals surface area (Å²) in [5.41, 5.74) is 3.18. The quantitative estimate of drug-likeness (QED) is 0.690. The first-order valence-electron chi connectivity index (χ1n) is 5.73. The third-order valence-electron chi connectivity index (χ3n) is 2.38. The molecule has 0 aliphatic rings. The van der Waals surface area contributed by atoms with E-state index in [2.05, 4.69) is 26.5 Å². The van der Waals surface area contributed by atoms with Gasteiger partial charge in [0.1, 0.15) is 17.9 Å². The van der Waals surface area contributed by atoms with E-state index in [1.165, 1.54) is 6.21 Å². The summed E-state index contributed by atoms with van der Waals surface area (Å²) in [4.78, 5) is 11.0. The van der Waals surface area contributed by atoms with E-state index in [0.29, 0.717) is 11.5 Å². The van der Waals surface area contributed by atoms with E-state index in [0.717, 1.165) is 10.0 Å². The van der Waals surface area contributed by atoms with Gasteiger partial charge in [-0.3, -0.25) is 4.79 Å². The molecule has 0 atom stereocenters. The Labute approximate surface area is 124 Å². The Kier molecular flexibility index (Phi) is 4.69. The highest BCUT2D eigenvalue weighted by molar-refractivity contribution is 9.10. The normalized spacial score (nSPS) is 10.4. The number of carbonyl (C=O) groups is 1. The molecule has 2 aromatic rings. The van der Waals surface area contributed by atoms with E-state index in [-0.39, 0.29) is 6.42 Å². The monoisotopic (exact) mass is 331 g/mol. The molecule has 0 bridgehead atoms. The number of furan rings is 1. The van der Waals surface area contributed by atoms with Crippen molar-refractivity contribution in [2.75, 3.05) is 0 Å². The first-order chi connectivity index (χ1) is 9.69. The largest absolute Gasteiger partial charge is 0.455 e. The van der Waals surface area contributed by atoms with Crippen LogP contribution in [0, 0.1) is 11.3 Å². The third kappa shape index (κ3) is 3.80. The van der Waals surface area contributed by atoms with Crippen molar-refractivity contribution in [1.82, 2.24) is 5.43 Å². The van der Waals surface area contributed by atoms with Gasteiger partial charge in [-0.05, 0) is 24.3 Å². The summed E-state index contributed by atoms with van der Waals surface area (Å²) >= 11 is 3.37. The molecule has 1 aromatic heterocycles. The molecule has 0 radical (unpaired) electrons. The molecular weight excluding hydrogens is 322 g/mol. The maximum atomic E-state index is 11.0. The van der Waals surface area contributed by atoms with Gasteiger partial charge < -0.3 is 4.42 Å². The summed E-state index contributed by atoms with van der Waals surface area (Å²) < 4.78 is 6.57. The second-order valence-electron chi connectivity index (χ2n) is 3.84. The zero-order valence-corrected chi connectivity index (χ0v) is 11.9. The van der Waals surface area contributed by atoms with Crippen molar-refractivity contribution in [3.8, 4) is 17.4 Å². The molecule has 5 nitrogen and oxygen atoms in total. The number of hydrogen-bond donors (Lipinski definition) is 1. The second kappa shape index (κ2) is 6.68. The predicted octanol–water partition coefficient (Wildman–Crippen LogP) is 3.07. The minimum absolute atomic E-state index is 0.223. The second-order valence-corrected chi connectivity index (χ2v) is 4.75. The molecule has 1 heterocycles. The van der Waals surface area contributed by atoms with Crippen molar-refractivity contribution in [3.05, 3.63) is 46.6 Å². The van der Waals surface area contributed by atoms with Gasteiger partial charge in [-0.25, -0.2) is 5.43 Å². The van der Waals surface area contributed by atoms with Crippen LogP contribution >= 0.6 is 15.9 Å². The summed E-state index contributed by atoms with van der Waals surface area (Å²) in [6.07, 6.45) is 1.16. The number of rotatable bonds is 4. The lowest BCUT2D eigenvalue weighted by Gasteiger charge is -1.96. The SMILES string of the molecule is N#CCC(=O)N/N=C\c1ccc(-c2ccc(Br)cc2)o1. The number of nitrogens with one attached hydrogen (secondary N) is 1. The van der Waals surface area contributed by atoms with Crippen molar-refractivity contribution in [3.63, 3.8) is 0 Å². The highest BCUT2D eigenvalue weighted by Crippen LogP contribution is 2.23. The lowest BCUT2D eigenvalue weighted by Crippen LogP contribution is -2.15. The zero-order chi connectivity index (χ0) is 14.4. The van der Waals surface area contributed by atoms with Gasteiger partial charge in [0.05, 0.1) is 12.3 Å². The number of benzene rings is 1. The molecule has 0 unspecified atom stereocenters. The molecule has 0 saturated heterocycles. The molecule has 0 fully saturated rings. The van der Waals surface area contributed by atoms with Crippen molar-refractivity contribution in [2.45, 2.75) is 6.42 Å². The summed E-state index contributed by atoms with van der Waals surface area (Å²) in [6.45, 7) is 0. The molecule has 1 N–H and O–H groups in total. The molecule has 0 spiro atoms. The molecule has 0 aliphatic heterocycles. The summed E-state index contributed by atoms with van der Waals surface area (Å²) in [5.74, 6) is 0.769. The Bertz CT molecular complexity index is 668. The molecular formula is C14H10BrN3O2. The zero-order valence-electron chi connectivity index (χ0n) is 10.3. The maximum absolute atomic E-state index is 11.0. The summed E-state index contributed by atoms with van der Waals surface area (Å²) in [6, 6.07) is 13.0. The maximum Gasteiger partial charge on any atom is 0.254 e. The topological polar surface area (TPSA) is 78.4 Å². The lowest BCUT2D eigenvalue weighted by molar-refractivity contribution is -0.120. The molecule has 20 heavy (non-hydrogen) atoms. The van der Waals surface area contributed by atoms with Crippen LogP contribution in [0.5, 0.6) is 0 Å². The average Bonchev–Trinajstić information content (AvgIpc) is 2.89. The number of nitriles is 1. The van der Waals surface area contributed by atoms with E-state index >= 15 is 0 Å². The van der Waals surface area contributed by atoms with Gasteiger partial charge in [-0.1, -0.05) is 28.1 Å². The molecule has 100 valence electrons. The fraction of sp³-hybridized carbons (Fsp3) is 0.0714. The minimum Gasteiger partial charge on any atom is -0.455 e. The first kappa shape index (κ1) is 14.0. The first-order valence-corrected chi connectivity index (χ1v) is 6.53. The molecule has 0 aliphatic carbocycles. The Morgan fingerprint density at radius 3 is 2.80 bits per heavy atom. The van der Waals surface area contributed by atoms with Gasteiger partial charge in [0.15, 0.2) is 0 Å². The van der Waals surface area contributed by atoms with Crippen LogP contribution in [0.1, 0.15) is 12.2 Å². The fourth-order valence-corrected chi connectivity index (χ4v) is 1.74. The summed E-state index contributed by atoms with van der Waals surface area (Å²) in [5, 5.41) is 12.0. The van der Waals surface area contributed by atoms with E-state index in [4.69, 9.17) is 9.68 Å². The van der Waals surface area contributed by atoms with Crippen molar-refractivity contribution >= 4 is 28.1 Å². The Balaban J connectivity index is 2.02. The smallest absolute Gasteiger partial charge is 0.254 e. The molecule has 2 rings (SSSR count). The number of hydrazone groups is 1. The van der Waals surface area contributed by atoms with Gasteiger partial charge in [-0.2, -0.15) is 10.4 Å². The van der Waals surface area contributed by atoms with Gasteiger partial charge in [0.2, 0.25) is 0 Å². The van der Waals surface area contributed by atoms with Gasteiger partial charge in [0.25, 0.3) is 5.91 Å². The highest BCUT2D eigenvalue weighted by Gasteiger charge is 2.03. The number of amides is 1. The minimum atomic E-state index is -0.455. The van der Waals surface area contributed by atoms with Crippen LogP contribution in [-0.2, 0) is 4.79 Å². The van der Waals surface area contributed by atoms with E-state index in [9.17, 15) is 4.79 Å². The van der Waals surface area contributed by atoms with E-state index in [1.807, 2.05) is 30.3 Å². The number of nitrogens with zero attached hydrogens (tertiary/aromatic N) is 2. The Hall–Kier alpha value is -2.39. The van der Waals surface area contributed by atoms with Crippen LogP contribution in [0.25, 0.3) is 11.3 Å². The van der Waals surface area contributed by atoms with Crippen molar-refractivity contribution in [1.29, 1.82) is 5.26 Å². The Morgan fingerprint density at radius 2 is 2.10 bits per heavy atom. The van der Waals surface area contributed by atoms with Crippen molar-refractivity contribution < 1.29 is 9.21 Å². The van der Waals surface area contributed by atoms with Crippen LogP contribution in [0.15, 0.2) is 50.4 Å². The third-order valence-corrected chi connectivity index (χ3v) is 2.90. The molecule has 6 heteroatoms. The van der Waals surface area contributed by atoms with Crippen LogP contribution < -0.4 is 5.43 Å². The Morgan fingerprint density at radius 1 is 1.35 bits per heavy atom.